The molecule has 1 spiro atoms. The zero-order valence-electron chi connectivity index (χ0n) is 16.1. The molecule has 3 saturated heterocycles. The van der Waals surface area contributed by atoms with Crippen molar-refractivity contribution in [1.29, 1.82) is 0 Å². The highest BCUT2D eigenvalue weighted by molar-refractivity contribution is 5.78. The maximum absolute atomic E-state index is 12.7. The third kappa shape index (κ3) is 4.05. The van der Waals surface area contributed by atoms with Crippen LogP contribution in [0.25, 0.3) is 0 Å². The van der Waals surface area contributed by atoms with Crippen molar-refractivity contribution in [2.24, 2.45) is 0 Å². The lowest BCUT2D eigenvalue weighted by Gasteiger charge is -2.40. The topological polar surface area (TPSA) is 54.5 Å². The summed E-state index contributed by atoms with van der Waals surface area (Å²) in [5.41, 5.74) is 1.13. The first-order valence-corrected chi connectivity index (χ1v) is 9.85. The maximum atomic E-state index is 12.7. The van der Waals surface area contributed by atoms with Gasteiger partial charge in [0.25, 0.3) is 0 Å². The van der Waals surface area contributed by atoms with Gasteiger partial charge < -0.3 is 24.0 Å². The highest BCUT2D eigenvalue weighted by Gasteiger charge is 2.40. The van der Waals surface area contributed by atoms with Crippen LogP contribution in [-0.2, 0) is 14.3 Å². The van der Waals surface area contributed by atoms with Gasteiger partial charge in [-0.2, -0.15) is 0 Å². The number of benzene rings is 1. The number of para-hydroxylation sites is 2. The quantitative estimate of drug-likeness (QED) is 0.788. The average molecular weight is 375 g/mol. The first-order chi connectivity index (χ1) is 13.2. The van der Waals surface area contributed by atoms with Crippen LogP contribution in [0.5, 0.6) is 5.75 Å². The van der Waals surface area contributed by atoms with Gasteiger partial charge in [-0.25, -0.2) is 0 Å². The average Bonchev–Trinajstić information content (AvgIpc) is 3.17. The number of hydrogen-bond acceptors (Lipinski definition) is 6. The molecule has 0 atom stereocenters. The van der Waals surface area contributed by atoms with Crippen LogP contribution < -0.4 is 9.64 Å². The van der Waals surface area contributed by atoms with Crippen LogP contribution in [0.15, 0.2) is 24.3 Å². The zero-order chi connectivity index (χ0) is 18.7. The standard InChI is InChI=1S/C20H29N3O4/c1-25-18-5-3-2-4-17(18)22-12-10-21(11-13-22)16-19(24)23-8-6-20(7-9-23)26-14-15-27-20/h2-5H,6-16H2,1H3. The van der Waals surface area contributed by atoms with E-state index in [0.717, 1.165) is 63.5 Å². The Kier molecular flexibility index (Phi) is 5.52. The molecule has 0 saturated carbocycles. The molecule has 3 aliphatic rings. The van der Waals surface area contributed by atoms with E-state index in [-0.39, 0.29) is 5.91 Å². The molecule has 3 fully saturated rings. The summed E-state index contributed by atoms with van der Waals surface area (Å²) in [5, 5.41) is 0. The van der Waals surface area contributed by atoms with E-state index in [1.807, 2.05) is 23.1 Å². The number of amides is 1. The summed E-state index contributed by atoms with van der Waals surface area (Å²) in [4.78, 5) is 19.2. The van der Waals surface area contributed by atoms with E-state index >= 15 is 0 Å². The Hall–Kier alpha value is -1.83. The molecule has 1 amide bonds. The summed E-state index contributed by atoms with van der Waals surface area (Å²) in [5.74, 6) is 0.700. The Morgan fingerprint density at radius 1 is 1.04 bits per heavy atom. The second-order valence-electron chi connectivity index (χ2n) is 7.42. The van der Waals surface area contributed by atoms with E-state index in [1.165, 1.54) is 0 Å². The Labute approximate surface area is 160 Å². The summed E-state index contributed by atoms with van der Waals surface area (Å²) < 4.78 is 17.0. The van der Waals surface area contributed by atoms with Crippen molar-refractivity contribution in [3.63, 3.8) is 0 Å². The number of hydrogen-bond donors (Lipinski definition) is 0. The predicted octanol–water partition coefficient (Wildman–Crippen LogP) is 1.18. The van der Waals surface area contributed by atoms with Gasteiger partial charge in [-0.3, -0.25) is 9.69 Å². The molecular weight excluding hydrogens is 346 g/mol. The SMILES string of the molecule is COc1ccccc1N1CCN(CC(=O)N2CCC3(CC2)OCCO3)CC1. The Bertz CT molecular complexity index is 644. The largest absolute Gasteiger partial charge is 0.495 e. The first kappa shape index (κ1) is 18.5. The molecule has 0 N–H and O–H groups in total. The zero-order valence-corrected chi connectivity index (χ0v) is 16.1. The van der Waals surface area contributed by atoms with Crippen molar-refractivity contribution in [2.45, 2.75) is 18.6 Å². The molecule has 7 nitrogen and oxygen atoms in total. The van der Waals surface area contributed by atoms with Crippen LogP contribution in [0.4, 0.5) is 5.69 Å². The van der Waals surface area contributed by atoms with Gasteiger partial charge >= 0.3 is 0 Å². The number of piperazine rings is 1. The lowest BCUT2D eigenvalue weighted by atomic mass is 10.0. The second-order valence-corrected chi connectivity index (χ2v) is 7.42. The lowest BCUT2D eigenvalue weighted by molar-refractivity contribution is -0.187. The summed E-state index contributed by atoms with van der Waals surface area (Å²) in [7, 11) is 1.71. The van der Waals surface area contributed by atoms with Crippen molar-refractivity contribution in [2.75, 3.05) is 71.0 Å². The van der Waals surface area contributed by atoms with E-state index < -0.39 is 5.79 Å². The van der Waals surface area contributed by atoms with E-state index in [0.29, 0.717) is 19.8 Å². The molecule has 0 radical (unpaired) electrons. The minimum Gasteiger partial charge on any atom is -0.495 e. The fraction of sp³-hybridized carbons (Fsp3) is 0.650. The van der Waals surface area contributed by atoms with E-state index in [4.69, 9.17) is 14.2 Å². The molecule has 0 aromatic heterocycles. The number of anilines is 1. The number of methoxy groups -OCH3 is 1. The van der Waals surface area contributed by atoms with E-state index in [1.54, 1.807) is 7.11 Å². The van der Waals surface area contributed by atoms with Crippen LogP contribution in [0.1, 0.15) is 12.8 Å². The molecule has 0 unspecified atom stereocenters. The number of ether oxygens (including phenoxy) is 3. The van der Waals surface area contributed by atoms with Crippen molar-refractivity contribution in [3.8, 4) is 5.75 Å². The van der Waals surface area contributed by atoms with Crippen molar-refractivity contribution >= 4 is 11.6 Å². The molecule has 0 bridgehead atoms. The minimum atomic E-state index is -0.419. The van der Waals surface area contributed by atoms with Gasteiger partial charge in [-0.05, 0) is 12.1 Å². The number of carbonyl (C=O) groups is 1. The third-order valence-electron chi connectivity index (χ3n) is 5.85. The number of rotatable bonds is 4. The van der Waals surface area contributed by atoms with E-state index in [9.17, 15) is 4.79 Å². The molecule has 0 aliphatic carbocycles. The molecular formula is C20H29N3O4. The fourth-order valence-electron chi connectivity index (χ4n) is 4.21. The summed E-state index contributed by atoms with van der Waals surface area (Å²) in [6, 6.07) is 8.11. The highest BCUT2D eigenvalue weighted by Crippen LogP contribution is 2.31. The molecule has 27 heavy (non-hydrogen) atoms. The van der Waals surface area contributed by atoms with Gasteiger partial charge in [0.05, 0.1) is 32.6 Å². The van der Waals surface area contributed by atoms with Crippen molar-refractivity contribution < 1.29 is 19.0 Å². The van der Waals surface area contributed by atoms with Crippen LogP contribution in [0.2, 0.25) is 0 Å². The van der Waals surface area contributed by atoms with Crippen LogP contribution in [0, 0.1) is 0 Å². The first-order valence-electron chi connectivity index (χ1n) is 9.85. The molecule has 148 valence electrons. The third-order valence-corrected chi connectivity index (χ3v) is 5.85. The maximum Gasteiger partial charge on any atom is 0.236 e. The number of carbonyl (C=O) groups excluding carboxylic acids is 1. The van der Waals surface area contributed by atoms with Gasteiger partial charge in [0.2, 0.25) is 5.91 Å². The normalized spacial score (nSPS) is 23.0. The number of piperidine rings is 1. The fourth-order valence-corrected chi connectivity index (χ4v) is 4.21. The molecule has 7 heteroatoms. The van der Waals surface area contributed by atoms with Crippen molar-refractivity contribution in [3.05, 3.63) is 24.3 Å². The Morgan fingerprint density at radius 2 is 1.70 bits per heavy atom. The summed E-state index contributed by atoms with van der Waals surface area (Å²) in [6.45, 7) is 6.85. The van der Waals surface area contributed by atoms with Gasteiger partial charge in [-0.15, -0.1) is 0 Å². The monoisotopic (exact) mass is 375 g/mol. The molecule has 4 rings (SSSR count). The number of nitrogens with zero attached hydrogens (tertiary/aromatic N) is 3. The predicted molar refractivity (Wildman–Crippen MR) is 102 cm³/mol. The molecule has 1 aromatic rings. The van der Waals surface area contributed by atoms with Crippen LogP contribution in [0.3, 0.4) is 0 Å². The minimum absolute atomic E-state index is 0.216. The van der Waals surface area contributed by atoms with Crippen LogP contribution >= 0.6 is 0 Å². The smallest absolute Gasteiger partial charge is 0.236 e. The van der Waals surface area contributed by atoms with E-state index in [2.05, 4.69) is 15.9 Å². The van der Waals surface area contributed by atoms with Gasteiger partial charge in [-0.1, -0.05) is 12.1 Å². The lowest BCUT2D eigenvalue weighted by Crippen LogP contribution is -2.53. The summed E-state index contributed by atoms with van der Waals surface area (Å²) in [6.07, 6.45) is 1.56. The van der Waals surface area contributed by atoms with Gasteiger partial charge in [0, 0.05) is 52.1 Å². The highest BCUT2D eigenvalue weighted by atomic mass is 16.7. The van der Waals surface area contributed by atoms with Crippen molar-refractivity contribution in [1.82, 2.24) is 9.80 Å². The molecule has 3 heterocycles. The van der Waals surface area contributed by atoms with Gasteiger partial charge in [0.15, 0.2) is 5.79 Å². The Morgan fingerprint density at radius 3 is 2.37 bits per heavy atom. The molecule has 3 aliphatic heterocycles. The number of likely N-dealkylation sites (tertiary alicyclic amines) is 1. The second kappa shape index (κ2) is 8.04. The Balaban J connectivity index is 1.25. The van der Waals surface area contributed by atoms with Gasteiger partial charge in [0.1, 0.15) is 5.75 Å². The van der Waals surface area contributed by atoms with Crippen LogP contribution in [-0.4, -0.2) is 87.6 Å². The summed E-state index contributed by atoms with van der Waals surface area (Å²) >= 11 is 0. The molecule has 1 aromatic carbocycles.